The van der Waals surface area contributed by atoms with Gasteiger partial charge in [0.05, 0.1) is 12.9 Å². The number of esters is 1. The second kappa shape index (κ2) is 6.80. The lowest BCUT2D eigenvalue weighted by molar-refractivity contribution is -0.158. The first-order valence-electron chi connectivity index (χ1n) is 8.33. The third kappa shape index (κ3) is 3.30. The van der Waals surface area contributed by atoms with Crippen LogP contribution >= 0.6 is 7.82 Å². The van der Waals surface area contributed by atoms with E-state index in [0.29, 0.717) is 17.6 Å². The minimum absolute atomic E-state index is 0.180. The highest BCUT2D eigenvalue weighted by Gasteiger charge is 2.55. The summed E-state index contributed by atoms with van der Waals surface area (Å²) in [5.41, 5.74) is 6.54. The molecule has 0 aliphatic carbocycles. The largest absolute Gasteiger partial charge is 0.472 e. The van der Waals surface area contributed by atoms with Crippen molar-refractivity contribution >= 4 is 30.8 Å². The average molecular weight is 399 g/mol. The van der Waals surface area contributed by atoms with Gasteiger partial charge >= 0.3 is 13.8 Å². The molecule has 0 radical (unpaired) electrons. The molecule has 0 bridgehead atoms. The van der Waals surface area contributed by atoms with E-state index in [1.54, 1.807) is 0 Å². The number of imidazole rings is 1. The predicted octanol–water partition coefficient (Wildman–Crippen LogP) is 0.534. The molecule has 0 aromatic carbocycles. The standard InChI is InChI=1S/C14H18N5O7P/c1-2-3-8(20)25-11-10-7(4-23-27(21,22)26-10)24-14(11)19-6-18-9-12(15)16-5-17-13(9)19/h5-7,10-11,14H,2-4H2,1H3,(H,21,22)(H2,15,16,17)/t7-,10-,11-,14-/m1/s1. The zero-order valence-electron chi connectivity index (χ0n) is 14.3. The molecule has 2 aliphatic rings. The molecule has 2 aliphatic heterocycles. The molecule has 3 N–H and O–H groups in total. The van der Waals surface area contributed by atoms with Gasteiger partial charge in [0.25, 0.3) is 0 Å². The highest BCUT2D eigenvalue weighted by molar-refractivity contribution is 7.47. The highest BCUT2D eigenvalue weighted by Crippen LogP contribution is 2.53. The molecule has 13 heteroatoms. The third-order valence-corrected chi connectivity index (χ3v) is 5.31. The summed E-state index contributed by atoms with van der Waals surface area (Å²) in [6.45, 7) is 1.66. The van der Waals surface area contributed by atoms with Crippen LogP contribution in [0, 0.1) is 0 Å². The summed E-state index contributed by atoms with van der Waals surface area (Å²) in [5.74, 6) is -0.286. The Morgan fingerprint density at radius 3 is 3.07 bits per heavy atom. The van der Waals surface area contributed by atoms with Crippen LogP contribution in [-0.2, 0) is 27.9 Å². The van der Waals surface area contributed by atoms with Gasteiger partial charge in [0.1, 0.15) is 24.1 Å². The lowest BCUT2D eigenvalue weighted by Crippen LogP contribution is -2.41. The number of nitrogens with zero attached hydrogens (tertiary/aromatic N) is 4. The van der Waals surface area contributed by atoms with Crippen LogP contribution in [-0.4, -0.2) is 55.3 Å². The molecule has 0 amide bonds. The Balaban J connectivity index is 1.72. The molecule has 5 atom stereocenters. The number of carbonyl (C=O) groups is 1. The smallest absolute Gasteiger partial charge is 0.455 e. The SMILES string of the molecule is CCCC(=O)O[C@@H]1[C@@H]2OP(=O)(O)OC[C@H]2O[C@H]1n1cnc2c(N)ncnc21. The number of fused-ring (bicyclic) bond motifs is 2. The van der Waals surface area contributed by atoms with Crippen molar-refractivity contribution in [1.82, 2.24) is 19.5 Å². The normalized spacial score (nSPS) is 33.1. The predicted molar refractivity (Wildman–Crippen MR) is 89.1 cm³/mol. The molecule has 12 nitrogen and oxygen atoms in total. The number of hydrogen-bond donors (Lipinski definition) is 2. The molecule has 2 fully saturated rings. The monoisotopic (exact) mass is 399 g/mol. The van der Waals surface area contributed by atoms with Gasteiger partial charge < -0.3 is 20.1 Å². The van der Waals surface area contributed by atoms with Gasteiger partial charge in [-0.05, 0) is 6.42 Å². The Bertz CT molecular complexity index is 920. The van der Waals surface area contributed by atoms with Crippen molar-refractivity contribution in [2.45, 2.75) is 44.3 Å². The molecule has 0 saturated carbocycles. The summed E-state index contributed by atoms with van der Waals surface area (Å²) in [4.78, 5) is 34.0. The molecule has 1 unspecified atom stereocenters. The number of nitrogens with two attached hydrogens (primary N) is 1. The molecular weight excluding hydrogens is 381 g/mol. The molecule has 2 aromatic heterocycles. The number of carbonyl (C=O) groups excluding carboxylic acids is 1. The van der Waals surface area contributed by atoms with Crippen LogP contribution in [0.4, 0.5) is 5.82 Å². The topological polar surface area (TPSA) is 161 Å². The van der Waals surface area contributed by atoms with E-state index in [0.717, 1.165) is 0 Å². The maximum absolute atomic E-state index is 12.1. The van der Waals surface area contributed by atoms with Crippen LogP contribution in [0.1, 0.15) is 26.0 Å². The van der Waals surface area contributed by atoms with Gasteiger partial charge in [-0.25, -0.2) is 19.5 Å². The van der Waals surface area contributed by atoms with Gasteiger partial charge in [0, 0.05) is 6.42 Å². The molecule has 0 spiro atoms. The van der Waals surface area contributed by atoms with E-state index in [2.05, 4.69) is 15.0 Å². The van der Waals surface area contributed by atoms with Gasteiger partial charge in [-0.15, -0.1) is 0 Å². The summed E-state index contributed by atoms with van der Waals surface area (Å²) in [7, 11) is -4.25. The average Bonchev–Trinajstić information content (AvgIpc) is 3.17. The molecule has 146 valence electrons. The summed E-state index contributed by atoms with van der Waals surface area (Å²) >= 11 is 0. The summed E-state index contributed by atoms with van der Waals surface area (Å²) in [6, 6.07) is 0. The van der Waals surface area contributed by atoms with Crippen molar-refractivity contribution in [3.05, 3.63) is 12.7 Å². The van der Waals surface area contributed by atoms with Crippen LogP contribution in [0.25, 0.3) is 11.2 Å². The number of ether oxygens (including phenoxy) is 2. The number of phosphoric acid groups is 1. The number of anilines is 1. The van der Waals surface area contributed by atoms with E-state index >= 15 is 0 Å². The number of hydrogen-bond acceptors (Lipinski definition) is 10. The minimum Gasteiger partial charge on any atom is -0.455 e. The van der Waals surface area contributed by atoms with Crippen molar-refractivity contribution < 1.29 is 32.8 Å². The van der Waals surface area contributed by atoms with E-state index in [9.17, 15) is 14.3 Å². The van der Waals surface area contributed by atoms with Crippen LogP contribution in [0.15, 0.2) is 12.7 Å². The Kier molecular flexibility index (Phi) is 4.60. The van der Waals surface area contributed by atoms with Crippen molar-refractivity contribution in [2.24, 2.45) is 0 Å². The lowest BCUT2D eigenvalue weighted by Gasteiger charge is -2.29. The lowest BCUT2D eigenvalue weighted by atomic mass is 10.1. The van der Waals surface area contributed by atoms with Crippen LogP contribution < -0.4 is 5.73 Å². The van der Waals surface area contributed by atoms with Gasteiger partial charge in [0.2, 0.25) is 0 Å². The highest BCUT2D eigenvalue weighted by atomic mass is 31.2. The molecular formula is C14H18N5O7P. The van der Waals surface area contributed by atoms with Crippen molar-refractivity contribution in [3.8, 4) is 0 Å². The number of nitrogen functional groups attached to an aromatic ring is 1. The summed E-state index contributed by atoms with van der Waals surface area (Å²) in [5, 5.41) is 0. The van der Waals surface area contributed by atoms with E-state index in [4.69, 9.17) is 24.3 Å². The molecule has 4 heterocycles. The zero-order chi connectivity index (χ0) is 19.2. The molecule has 27 heavy (non-hydrogen) atoms. The second-order valence-corrected chi connectivity index (χ2v) is 7.59. The maximum atomic E-state index is 12.1. The van der Waals surface area contributed by atoms with Crippen LogP contribution in [0.5, 0.6) is 0 Å². The first-order chi connectivity index (χ1) is 12.9. The van der Waals surface area contributed by atoms with Gasteiger partial charge in [-0.3, -0.25) is 18.4 Å². The maximum Gasteiger partial charge on any atom is 0.472 e. The van der Waals surface area contributed by atoms with Crippen LogP contribution in [0.2, 0.25) is 0 Å². The molecule has 4 rings (SSSR count). The number of rotatable bonds is 4. The van der Waals surface area contributed by atoms with E-state index in [-0.39, 0.29) is 18.8 Å². The van der Waals surface area contributed by atoms with E-state index < -0.39 is 38.3 Å². The first kappa shape index (κ1) is 18.3. The van der Waals surface area contributed by atoms with Gasteiger partial charge in [-0.2, -0.15) is 0 Å². The number of aromatic nitrogens is 4. The van der Waals surface area contributed by atoms with E-state index in [1.807, 2.05) is 6.92 Å². The summed E-state index contributed by atoms with van der Waals surface area (Å²) in [6.07, 6.45) is -0.0833. The second-order valence-electron chi connectivity index (χ2n) is 6.19. The van der Waals surface area contributed by atoms with Gasteiger partial charge in [-0.1, -0.05) is 6.92 Å². The van der Waals surface area contributed by atoms with Crippen molar-refractivity contribution in [3.63, 3.8) is 0 Å². The fraction of sp³-hybridized carbons (Fsp3) is 0.571. The quantitative estimate of drug-likeness (QED) is 0.545. The van der Waals surface area contributed by atoms with E-state index in [1.165, 1.54) is 17.2 Å². The number of phosphoric ester groups is 1. The Hall–Kier alpha value is -2.11. The first-order valence-corrected chi connectivity index (χ1v) is 9.83. The van der Waals surface area contributed by atoms with Crippen molar-refractivity contribution in [2.75, 3.05) is 12.3 Å². The zero-order valence-corrected chi connectivity index (χ0v) is 15.2. The Morgan fingerprint density at radius 1 is 1.48 bits per heavy atom. The molecule has 2 saturated heterocycles. The fourth-order valence-corrected chi connectivity index (χ4v) is 4.10. The Morgan fingerprint density at radius 2 is 2.30 bits per heavy atom. The van der Waals surface area contributed by atoms with Crippen molar-refractivity contribution in [1.29, 1.82) is 0 Å². The third-order valence-electron chi connectivity index (χ3n) is 4.33. The van der Waals surface area contributed by atoms with Crippen LogP contribution in [0.3, 0.4) is 0 Å². The minimum atomic E-state index is -4.25. The summed E-state index contributed by atoms with van der Waals surface area (Å²) < 4.78 is 34.8. The fourth-order valence-electron chi connectivity index (χ4n) is 3.14. The molecule has 2 aromatic rings. The Labute approximate surface area is 153 Å². The van der Waals surface area contributed by atoms with Gasteiger partial charge in [0.15, 0.2) is 23.8 Å².